The normalized spacial score (nSPS) is 10.3. The summed E-state index contributed by atoms with van der Waals surface area (Å²) in [7, 11) is 0. The number of ether oxygens (including phenoxy) is 12. The van der Waals surface area contributed by atoms with E-state index in [0.29, 0.717) is 23.0 Å². The lowest BCUT2D eigenvalue weighted by atomic mass is 10.2. The Bertz CT molecular complexity index is 3370. The van der Waals surface area contributed by atoms with Crippen LogP contribution in [0.15, 0.2) is 219 Å². The summed E-state index contributed by atoms with van der Waals surface area (Å²) in [6, 6.07) is 47.2. The van der Waals surface area contributed by atoms with Crippen molar-refractivity contribution in [3.8, 4) is 57.5 Å². The maximum absolute atomic E-state index is 12.9. The fourth-order valence-electron chi connectivity index (χ4n) is 6.81. The first kappa shape index (κ1) is 57.4. The summed E-state index contributed by atoms with van der Waals surface area (Å²) in [5.74, 6) is -2.69. The van der Waals surface area contributed by atoms with Crippen LogP contribution in [0.2, 0.25) is 0 Å². The molecule has 0 N–H and O–H groups in total. The highest BCUT2D eigenvalue weighted by atomic mass is 16.7. The minimum Gasteiger partial charge on any atom is -0.458 e. The molecule has 0 fully saturated rings. The van der Waals surface area contributed by atoms with Gasteiger partial charge in [0.15, 0.2) is 0 Å². The van der Waals surface area contributed by atoms with E-state index in [2.05, 4.69) is 13.2 Å². The second kappa shape index (κ2) is 28.2. The fraction of sp³-hybridized carbons (Fsp3) is 0.0476. The number of rotatable bonds is 24. The zero-order chi connectivity index (χ0) is 58.5. The van der Waals surface area contributed by atoms with Gasteiger partial charge in [-0.15, -0.1) is 0 Å². The molecular formula is C63H44O20. The summed E-state index contributed by atoms with van der Waals surface area (Å²) >= 11 is 0. The Morgan fingerprint density at radius 1 is 0.241 bits per heavy atom. The molecular weight excluding hydrogens is 1080 g/mol. The molecule has 83 heavy (non-hydrogen) atoms. The Morgan fingerprint density at radius 3 is 0.578 bits per heavy atom. The molecule has 0 aliphatic rings. The van der Waals surface area contributed by atoms with Gasteiger partial charge in [-0.05, 0) is 194 Å². The van der Waals surface area contributed by atoms with Crippen LogP contribution < -0.4 is 47.4 Å². The third-order valence-electron chi connectivity index (χ3n) is 11.1. The molecule has 8 aromatic carbocycles. The van der Waals surface area contributed by atoms with E-state index in [0.717, 1.165) is 12.2 Å². The van der Waals surface area contributed by atoms with E-state index < -0.39 is 47.8 Å². The van der Waals surface area contributed by atoms with Crippen LogP contribution in [0.5, 0.6) is 57.5 Å². The summed E-state index contributed by atoms with van der Waals surface area (Å²) in [4.78, 5) is 99.0. The summed E-state index contributed by atoms with van der Waals surface area (Å²) in [6.07, 6.45) is 2.01. The Labute approximate surface area is 472 Å². The monoisotopic (exact) mass is 1120 g/mol. The van der Waals surface area contributed by atoms with Crippen LogP contribution in [-0.4, -0.2) is 68.1 Å². The van der Waals surface area contributed by atoms with Crippen LogP contribution >= 0.6 is 0 Å². The molecule has 8 aromatic rings. The van der Waals surface area contributed by atoms with Gasteiger partial charge in [-0.3, -0.25) is 0 Å². The summed E-state index contributed by atoms with van der Waals surface area (Å²) in [6.45, 7) is 5.73. The average Bonchev–Trinajstić information content (AvgIpc) is 3.53. The van der Waals surface area contributed by atoms with E-state index in [1.54, 1.807) is 24.3 Å². The molecule has 0 bridgehead atoms. The lowest BCUT2D eigenvalue weighted by Gasteiger charge is -2.10. The predicted molar refractivity (Wildman–Crippen MR) is 291 cm³/mol. The van der Waals surface area contributed by atoms with Crippen LogP contribution in [-0.2, 0) is 19.1 Å². The van der Waals surface area contributed by atoms with Crippen molar-refractivity contribution in [3.05, 3.63) is 253 Å². The van der Waals surface area contributed by atoms with Crippen molar-refractivity contribution in [2.75, 3.05) is 20.4 Å². The first-order valence-corrected chi connectivity index (χ1v) is 24.5. The first-order chi connectivity index (χ1) is 40.3. The second-order valence-electron chi connectivity index (χ2n) is 16.7. The van der Waals surface area contributed by atoms with Crippen molar-refractivity contribution in [2.45, 2.75) is 0 Å². The van der Waals surface area contributed by atoms with E-state index >= 15 is 0 Å². The van der Waals surface area contributed by atoms with Crippen LogP contribution in [0, 0.1) is 0 Å². The minimum atomic E-state index is -0.687. The molecule has 0 aliphatic carbocycles. The van der Waals surface area contributed by atoms with Crippen molar-refractivity contribution in [3.63, 3.8) is 0 Å². The number of hydrogen-bond donors (Lipinski definition) is 0. The molecule has 0 amide bonds. The SMILES string of the molecule is C=CC(=O)OCOc1ccc(C(=O)Oc2ccc(C(=O)Oc3ccc(OC(=O)c4ccc(OCOc5ccc(C(=O)Oc6ccc(OC(=O)c7ccc(OC(=O)c8ccc(OCOC(=O)C=C)cc8)cc7)cc6)cc5)cc4)cc3)cc2)cc1. The molecule has 416 valence electrons. The summed E-state index contributed by atoms with van der Waals surface area (Å²) in [5, 5.41) is 0. The topological polar surface area (TPSA) is 247 Å². The Hall–Kier alpha value is -11.8. The molecule has 0 heterocycles. The molecule has 0 saturated carbocycles. The van der Waals surface area contributed by atoms with E-state index in [1.807, 2.05) is 0 Å². The van der Waals surface area contributed by atoms with Gasteiger partial charge in [0.05, 0.1) is 33.4 Å². The van der Waals surface area contributed by atoms with Gasteiger partial charge in [0.2, 0.25) is 20.4 Å². The maximum Gasteiger partial charge on any atom is 0.343 e. The number of carbonyl (C=O) groups excluding carboxylic acids is 8. The Balaban J connectivity index is 0.706. The van der Waals surface area contributed by atoms with Crippen molar-refractivity contribution < 1.29 is 95.2 Å². The molecule has 20 heteroatoms. The second-order valence-corrected chi connectivity index (χ2v) is 16.7. The van der Waals surface area contributed by atoms with E-state index in [9.17, 15) is 38.4 Å². The highest BCUT2D eigenvalue weighted by Crippen LogP contribution is 2.25. The van der Waals surface area contributed by atoms with Gasteiger partial charge in [0, 0.05) is 12.2 Å². The van der Waals surface area contributed by atoms with Gasteiger partial charge < -0.3 is 56.8 Å². The zero-order valence-electron chi connectivity index (χ0n) is 43.3. The van der Waals surface area contributed by atoms with Gasteiger partial charge >= 0.3 is 47.8 Å². The van der Waals surface area contributed by atoms with E-state index in [1.165, 1.54) is 170 Å². The molecule has 8 rings (SSSR count). The van der Waals surface area contributed by atoms with Crippen molar-refractivity contribution >= 4 is 47.8 Å². The standard InChI is InChI=1S/C63H44O20/c1-3-56(64)76-38-74-48-21-9-40(10-22-48)58(66)78-50-25-13-44(14-26-50)62(70)82-54-33-29-52(30-34-54)80-60(68)42-5-17-46(18-6-42)72-37-73-47-19-7-43(8-20-47)61(69)81-53-31-35-55(36-32-53)83-63(71)45-15-27-51(28-16-45)79-59(67)41-11-23-49(24-12-41)75-39-77-57(65)4-2/h3-36H,1-2,37-39H2. The Morgan fingerprint density at radius 2 is 0.398 bits per heavy atom. The maximum atomic E-state index is 12.9. The van der Waals surface area contributed by atoms with Crippen molar-refractivity contribution in [2.24, 2.45) is 0 Å². The minimum absolute atomic E-state index is 0.176. The lowest BCUT2D eigenvalue weighted by Crippen LogP contribution is -2.11. The van der Waals surface area contributed by atoms with Crippen LogP contribution in [0.1, 0.15) is 62.1 Å². The molecule has 0 aliphatic heterocycles. The highest BCUT2D eigenvalue weighted by molar-refractivity contribution is 5.95. The number of benzene rings is 8. The summed E-state index contributed by atoms with van der Waals surface area (Å²) in [5.41, 5.74) is 1.25. The largest absolute Gasteiger partial charge is 0.458 e. The Kier molecular flexibility index (Phi) is 19.5. The van der Waals surface area contributed by atoms with Gasteiger partial charge in [-0.2, -0.15) is 0 Å². The quantitative estimate of drug-likeness (QED) is 0.0236. The zero-order valence-corrected chi connectivity index (χ0v) is 43.3. The average molecular weight is 1120 g/mol. The molecule has 0 radical (unpaired) electrons. The van der Waals surface area contributed by atoms with Crippen molar-refractivity contribution in [1.82, 2.24) is 0 Å². The predicted octanol–water partition coefficient (Wildman–Crippen LogP) is 10.5. The number of esters is 8. The van der Waals surface area contributed by atoms with Gasteiger partial charge in [-0.25, -0.2) is 38.4 Å². The summed E-state index contributed by atoms with van der Waals surface area (Å²) < 4.78 is 64.0. The smallest absolute Gasteiger partial charge is 0.343 e. The highest BCUT2D eigenvalue weighted by Gasteiger charge is 2.17. The van der Waals surface area contributed by atoms with E-state index in [4.69, 9.17) is 56.8 Å². The van der Waals surface area contributed by atoms with Crippen LogP contribution in [0.25, 0.3) is 0 Å². The van der Waals surface area contributed by atoms with Crippen LogP contribution in [0.4, 0.5) is 0 Å². The molecule has 0 saturated heterocycles. The molecule has 0 spiro atoms. The molecule has 0 aromatic heterocycles. The molecule has 20 nitrogen and oxygen atoms in total. The third-order valence-corrected chi connectivity index (χ3v) is 11.1. The number of hydrogen-bond acceptors (Lipinski definition) is 20. The molecule has 0 unspecified atom stereocenters. The number of carbonyl (C=O) groups is 8. The van der Waals surface area contributed by atoms with Gasteiger partial charge in [-0.1, -0.05) is 13.2 Å². The van der Waals surface area contributed by atoms with Crippen LogP contribution in [0.3, 0.4) is 0 Å². The van der Waals surface area contributed by atoms with Crippen molar-refractivity contribution in [1.29, 1.82) is 0 Å². The van der Waals surface area contributed by atoms with Gasteiger partial charge in [0.1, 0.15) is 57.5 Å². The lowest BCUT2D eigenvalue weighted by molar-refractivity contribution is -0.145. The fourth-order valence-corrected chi connectivity index (χ4v) is 6.81. The third kappa shape index (κ3) is 17.1. The van der Waals surface area contributed by atoms with E-state index in [-0.39, 0.29) is 88.3 Å². The molecule has 0 atom stereocenters. The first-order valence-electron chi connectivity index (χ1n) is 24.5. The van der Waals surface area contributed by atoms with Gasteiger partial charge in [0.25, 0.3) is 0 Å².